The molecule has 2 N–H and O–H groups in total. The van der Waals surface area contributed by atoms with E-state index in [0.29, 0.717) is 5.92 Å². The Kier molecular flexibility index (Phi) is 6.57. The Morgan fingerprint density at radius 2 is 1.72 bits per heavy atom. The fraction of sp³-hybridized carbons (Fsp3) is 0.429. The zero-order valence-electron chi connectivity index (χ0n) is 14.7. The zero-order valence-corrected chi connectivity index (χ0v) is 14.7. The molecule has 1 saturated carbocycles. The lowest BCUT2D eigenvalue weighted by Crippen LogP contribution is -2.31. The van der Waals surface area contributed by atoms with Gasteiger partial charge in [-0.15, -0.1) is 0 Å². The van der Waals surface area contributed by atoms with Gasteiger partial charge >= 0.3 is 0 Å². The number of nitrogens with one attached hydrogen (secondary N) is 2. The highest BCUT2D eigenvalue weighted by Gasteiger charge is 2.26. The molecule has 4 nitrogen and oxygen atoms in total. The summed E-state index contributed by atoms with van der Waals surface area (Å²) in [4.78, 5) is 16.3. The Balaban J connectivity index is 1.32. The summed E-state index contributed by atoms with van der Waals surface area (Å²) in [5.74, 6) is 0.996. The average molecular weight is 337 g/mol. The second kappa shape index (κ2) is 9.33. The van der Waals surface area contributed by atoms with E-state index in [-0.39, 0.29) is 11.8 Å². The van der Waals surface area contributed by atoms with Gasteiger partial charge < -0.3 is 10.6 Å². The maximum absolute atomic E-state index is 12.3. The van der Waals surface area contributed by atoms with Crippen molar-refractivity contribution in [3.63, 3.8) is 0 Å². The van der Waals surface area contributed by atoms with Crippen molar-refractivity contribution in [2.45, 2.75) is 32.1 Å². The molecule has 0 unspecified atom stereocenters. The van der Waals surface area contributed by atoms with E-state index in [1.807, 2.05) is 12.1 Å². The van der Waals surface area contributed by atoms with E-state index in [9.17, 15) is 4.79 Å². The fourth-order valence-electron chi connectivity index (χ4n) is 3.49. The first-order chi connectivity index (χ1) is 12.3. The Bertz CT molecular complexity index is 637. The standard InChI is InChI=1S/C21H27N3O/c25-21(24-20-11-14-22-15-12-20)19-8-6-18(7-9-19)16-23-13-10-17-4-2-1-3-5-17/h1-5,11-12,14-15,18-19,23H,6-10,13,16H2,(H,22,24,25). The number of hydrogen-bond donors (Lipinski definition) is 2. The molecule has 0 radical (unpaired) electrons. The van der Waals surface area contributed by atoms with Crippen LogP contribution in [0.1, 0.15) is 31.2 Å². The van der Waals surface area contributed by atoms with Crippen molar-refractivity contribution in [1.29, 1.82) is 0 Å². The number of hydrogen-bond acceptors (Lipinski definition) is 3. The van der Waals surface area contributed by atoms with Crippen LogP contribution in [0.4, 0.5) is 5.69 Å². The molecule has 2 aromatic rings. The fourth-order valence-corrected chi connectivity index (χ4v) is 3.49. The predicted octanol–water partition coefficient (Wildman–Crippen LogP) is 3.66. The molecule has 25 heavy (non-hydrogen) atoms. The van der Waals surface area contributed by atoms with E-state index in [2.05, 4.69) is 45.9 Å². The molecule has 0 bridgehead atoms. The van der Waals surface area contributed by atoms with Crippen molar-refractivity contribution >= 4 is 11.6 Å². The number of nitrogens with zero attached hydrogens (tertiary/aromatic N) is 1. The molecule has 1 amide bonds. The molecule has 1 fully saturated rings. The first-order valence-corrected chi connectivity index (χ1v) is 9.27. The van der Waals surface area contributed by atoms with Gasteiger partial charge in [0.1, 0.15) is 0 Å². The van der Waals surface area contributed by atoms with E-state index in [0.717, 1.165) is 50.9 Å². The number of carbonyl (C=O) groups excluding carboxylic acids is 1. The number of aromatic nitrogens is 1. The van der Waals surface area contributed by atoms with Crippen LogP contribution in [0.2, 0.25) is 0 Å². The van der Waals surface area contributed by atoms with Crippen LogP contribution in [-0.2, 0) is 11.2 Å². The Hall–Kier alpha value is -2.20. The number of benzene rings is 1. The summed E-state index contributed by atoms with van der Waals surface area (Å²) in [7, 11) is 0. The third kappa shape index (κ3) is 5.68. The molecule has 1 aromatic carbocycles. The number of pyridine rings is 1. The summed E-state index contributed by atoms with van der Waals surface area (Å²) in [6.45, 7) is 2.08. The van der Waals surface area contributed by atoms with Crippen molar-refractivity contribution in [2.24, 2.45) is 11.8 Å². The summed E-state index contributed by atoms with van der Waals surface area (Å²) in [6, 6.07) is 14.3. The second-order valence-corrected chi connectivity index (χ2v) is 6.88. The topological polar surface area (TPSA) is 54.0 Å². The molecule has 3 rings (SSSR count). The van der Waals surface area contributed by atoms with Crippen LogP contribution in [-0.4, -0.2) is 24.0 Å². The van der Waals surface area contributed by atoms with Gasteiger partial charge in [0.2, 0.25) is 5.91 Å². The van der Waals surface area contributed by atoms with Gasteiger partial charge in [-0.3, -0.25) is 9.78 Å². The molecule has 4 heteroatoms. The number of rotatable bonds is 7. The molecule has 0 saturated heterocycles. The number of carbonyl (C=O) groups is 1. The maximum atomic E-state index is 12.3. The molecule has 132 valence electrons. The molecule has 0 aliphatic heterocycles. The maximum Gasteiger partial charge on any atom is 0.227 e. The van der Waals surface area contributed by atoms with Crippen LogP contribution in [0.25, 0.3) is 0 Å². The zero-order chi connectivity index (χ0) is 17.3. The SMILES string of the molecule is O=C(Nc1ccncc1)C1CCC(CNCCc2ccccc2)CC1. The average Bonchev–Trinajstić information content (AvgIpc) is 2.67. The van der Waals surface area contributed by atoms with E-state index < -0.39 is 0 Å². The summed E-state index contributed by atoms with van der Waals surface area (Å²) in [5.41, 5.74) is 2.22. The van der Waals surface area contributed by atoms with Gasteiger partial charge in [0.15, 0.2) is 0 Å². The Morgan fingerprint density at radius 3 is 2.44 bits per heavy atom. The summed E-state index contributed by atoms with van der Waals surface area (Å²) >= 11 is 0. The van der Waals surface area contributed by atoms with Crippen molar-refractivity contribution in [1.82, 2.24) is 10.3 Å². The molecule has 1 aliphatic rings. The first kappa shape index (κ1) is 17.6. The number of amides is 1. The lowest BCUT2D eigenvalue weighted by Gasteiger charge is -2.28. The highest BCUT2D eigenvalue weighted by molar-refractivity contribution is 5.92. The second-order valence-electron chi connectivity index (χ2n) is 6.88. The van der Waals surface area contributed by atoms with E-state index in [1.54, 1.807) is 12.4 Å². The van der Waals surface area contributed by atoms with Gasteiger partial charge in [-0.05, 0) is 68.8 Å². The third-order valence-electron chi connectivity index (χ3n) is 5.03. The lowest BCUT2D eigenvalue weighted by atomic mass is 9.81. The molecule has 0 atom stereocenters. The molecule has 1 aliphatic carbocycles. The van der Waals surface area contributed by atoms with Gasteiger partial charge in [-0.1, -0.05) is 30.3 Å². The normalized spacial score (nSPS) is 20.2. The predicted molar refractivity (Wildman–Crippen MR) is 101 cm³/mol. The van der Waals surface area contributed by atoms with Gasteiger partial charge in [0.05, 0.1) is 0 Å². The Labute approximate surface area is 150 Å². The first-order valence-electron chi connectivity index (χ1n) is 9.27. The van der Waals surface area contributed by atoms with E-state index in [1.165, 1.54) is 5.56 Å². The largest absolute Gasteiger partial charge is 0.326 e. The molecule has 1 aromatic heterocycles. The summed E-state index contributed by atoms with van der Waals surface area (Å²) in [5, 5.41) is 6.58. The van der Waals surface area contributed by atoms with E-state index in [4.69, 9.17) is 0 Å². The highest BCUT2D eigenvalue weighted by Crippen LogP contribution is 2.29. The van der Waals surface area contributed by atoms with Crippen molar-refractivity contribution in [3.8, 4) is 0 Å². The van der Waals surface area contributed by atoms with Crippen LogP contribution >= 0.6 is 0 Å². The summed E-state index contributed by atoms with van der Waals surface area (Å²) < 4.78 is 0. The van der Waals surface area contributed by atoms with Crippen molar-refractivity contribution in [3.05, 3.63) is 60.4 Å². The quantitative estimate of drug-likeness (QED) is 0.758. The smallest absolute Gasteiger partial charge is 0.227 e. The minimum atomic E-state index is 0.147. The van der Waals surface area contributed by atoms with Crippen LogP contribution in [0.3, 0.4) is 0 Å². The van der Waals surface area contributed by atoms with Gasteiger partial charge in [0, 0.05) is 24.0 Å². The van der Waals surface area contributed by atoms with Crippen LogP contribution in [0.15, 0.2) is 54.9 Å². The van der Waals surface area contributed by atoms with Crippen molar-refractivity contribution < 1.29 is 4.79 Å². The Morgan fingerprint density at radius 1 is 1.00 bits per heavy atom. The van der Waals surface area contributed by atoms with Crippen molar-refractivity contribution in [2.75, 3.05) is 18.4 Å². The van der Waals surface area contributed by atoms with Crippen LogP contribution in [0.5, 0.6) is 0 Å². The minimum absolute atomic E-state index is 0.147. The molecule has 1 heterocycles. The van der Waals surface area contributed by atoms with Gasteiger partial charge in [-0.2, -0.15) is 0 Å². The molecular weight excluding hydrogens is 310 g/mol. The number of anilines is 1. The monoisotopic (exact) mass is 337 g/mol. The summed E-state index contributed by atoms with van der Waals surface area (Å²) in [6.07, 6.45) is 8.72. The lowest BCUT2D eigenvalue weighted by molar-refractivity contribution is -0.121. The van der Waals surface area contributed by atoms with Gasteiger partial charge in [-0.25, -0.2) is 0 Å². The molecule has 0 spiro atoms. The highest BCUT2D eigenvalue weighted by atomic mass is 16.1. The van der Waals surface area contributed by atoms with Crippen LogP contribution in [0, 0.1) is 11.8 Å². The molecular formula is C21H27N3O. The van der Waals surface area contributed by atoms with Gasteiger partial charge in [0.25, 0.3) is 0 Å². The third-order valence-corrected chi connectivity index (χ3v) is 5.03. The minimum Gasteiger partial charge on any atom is -0.326 e. The van der Waals surface area contributed by atoms with Crippen LogP contribution < -0.4 is 10.6 Å². The van der Waals surface area contributed by atoms with E-state index >= 15 is 0 Å².